The number of thiophene rings is 1. The lowest BCUT2D eigenvalue weighted by Gasteiger charge is -2.71. The molecule has 6 saturated carbocycles. The van der Waals surface area contributed by atoms with Gasteiger partial charge in [-0.25, -0.2) is 12.8 Å². The second-order valence-corrected chi connectivity index (χ2v) is 23.1. The zero-order valence-electron chi connectivity index (χ0n) is 32.0. The number of hydrogen-bond acceptors (Lipinski definition) is 6. The first-order valence-electron chi connectivity index (χ1n) is 20.3. The molecule has 1 aromatic carbocycles. The smallest absolute Gasteiger partial charge is 0.252 e. The normalized spacial score (nSPS) is 42.9. The van der Waals surface area contributed by atoms with E-state index in [9.17, 15) is 23.4 Å². The minimum atomic E-state index is -3.88. The van der Waals surface area contributed by atoms with E-state index in [1.54, 1.807) is 34.0 Å². The minimum Gasteiger partial charge on any atom is -0.393 e. The molecule has 2 aromatic rings. The molecule has 292 valence electrons. The molecule has 1 unspecified atom stereocenters. The number of rotatable bonds is 9. The van der Waals surface area contributed by atoms with Crippen LogP contribution < -0.4 is 0 Å². The summed E-state index contributed by atoms with van der Waals surface area (Å²) in [4.78, 5) is 14.8. The van der Waals surface area contributed by atoms with Gasteiger partial charge < -0.3 is 10.2 Å². The average molecular weight is 797 g/mol. The van der Waals surface area contributed by atoms with E-state index in [-0.39, 0.29) is 57.9 Å². The highest BCUT2D eigenvalue weighted by Crippen LogP contribution is 2.78. The predicted molar refractivity (Wildman–Crippen MR) is 210 cm³/mol. The molecule has 54 heavy (non-hydrogen) atoms. The summed E-state index contributed by atoms with van der Waals surface area (Å²) in [6, 6.07) is 7.96. The van der Waals surface area contributed by atoms with Gasteiger partial charge in [0.05, 0.1) is 11.7 Å². The van der Waals surface area contributed by atoms with Crippen LogP contribution in [0.15, 0.2) is 63.7 Å². The molecule has 4 bridgehead atoms. The Bertz CT molecular complexity index is 2030. The molecule has 0 saturated heterocycles. The van der Waals surface area contributed by atoms with Gasteiger partial charge in [-0.15, -0.1) is 11.3 Å². The molecule has 10 heteroatoms. The molecule has 2 N–H and O–H groups in total. The number of carbonyl (C=O) groups excluding carboxylic acids is 1. The monoisotopic (exact) mass is 795 g/mol. The van der Waals surface area contributed by atoms with E-state index in [1.807, 2.05) is 0 Å². The van der Waals surface area contributed by atoms with Gasteiger partial charge in [-0.05, 0) is 128 Å². The van der Waals surface area contributed by atoms with E-state index >= 15 is 4.39 Å². The van der Waals surface area contributed by atoms with Crippen molar-refractivity contribution >= 4 is 38.7 Å². The van der Waals surface area contributed by atoms with Crippen LogP contribution in [-0.4, -0.2) is 53.5 Å². The van der Waals surface area contributed by atoms with E-state index in [0.29, 0.717) is 60.3 Å². The molecule has 11 atom stereocenters. The van der Waals surface area contributed by atoms with Crippen LogP contribution in [0.1, 0.15) is 97.5 Å². The van der Waals surface area contributed by atoms with Crippen LogP contribution in [0, 0.1) is 62.5 Å². The summed E-state index contributed by atoms with van der Waals surface area (Å²) < 4.78 is 46.4. The third-order valence-corrected chi connectivity index (χ3v) is 20.9. The van der Waals surface area contributed by atoms with Crippen LogP contribution in [0.5, 0.6) is 0 Å². The van der Waals surface area contributed by atoms with Crippen molar-refractivity contribution in [3.63, 3.8) is 0 Å². The topological polar surface area (TPSA) is 94.9 Å². The van der Waals surface area contributed by atoms with Crippen molar-refractivity contribution in [1.29, 1.82) is 0 Å². The second-order valence-electron chi connectivity index (χ2n) is 19.5. The Kier molecular flexibility index (Phi) is 8.59. The van der Waals surface area contributed by atoms with Gasteiger partial charge in [0.1, 0.15) is 10.0 Å². The van der Waals surface area contributed by atoms with Gasteiger partial charge in [0, 0.05) is 51.9 Å². The number of hydrogen-bond donors (Lipinski definition) is 2. The van der Waals surface area contributed by atoms with Gasteiger partial charge in [0.25, 0.3) is 10.0 Å². The van der Waals surface area contributed by atoms with Gasteiger partial charge in [0.2, 0.25) is 0 Å². The molecule has 6 nitrogen and oxygen atoms in total. The fourth-order valence-electron chi connectivity index (χ4n) is 14.1. The molecular formula is C44H55ClFNO5S2. The van der Waals surface area contributed by atoms with Crippen molar-refractivity contribution in [3.05, 3.63) is 75.9 Å². The summed E-state index contributed by atoms with van der Waals surface area (Å²) in [7, 11) is -3.88. The zero-order valence-corrected chi connectivity index (χ0v) is 34.4. The maximum absolute atomic E-state index is 15.2. The summed E-state index contributed by atoms with van der Waals surface area (Å²) in [5, 5.41) is 26.3. The second kappa shape index (κ2) is 12.3. The summed E-state index contributed by atoms with van der Waals surface area (Å²) in [6.07, 6.45) is 13.8. The molecule has 1 aromatic heterocycles. The van der Waals surface area contributed by atoms with Crippen LogP contribution in [0.3, 0.4) is 0 Å². The lowest BCUT2D eigenvalue weighted by molar-refractivity contribution is -0.177. The van der Waals surface area contributed by atoms with E-state index < -0.39 is 43.8 Å². The lowest BCUT2D eigenvalue weighted by Crippen LogP contribution is -2.67. The van der Waals surface area contributed by atoms with Crippen molar-refractivity contribution < 1.29 is 27.8 Å². The van der Waals surface area contributed by atoms with Crippen molar-refractivity contribution in [2.24, 2.45) is 56.7 Å². The highest BCUT2D eigenvalue weighted by atomic mass is 35.5. The maximum atomic E-state index is 15.2. The van der Waals surface area contributed by atoms with E-state index in [2.05, 4.69) is 45.9 Å². The van der Waals surface area contributed by atoms with Crippen LogP contribution in [-0.2, 0) is 21.2 Å². The van der Waals surface area contributed by atoms with Crippen molar-refractivity contribution in [2.45, 2.75) is 114 Å². The molecule has 6 fully saturated rings. The lowest BCUT2D eigenvalue weighted by atomic mass is 9.32. The third-order valence-electron chi connectivity index (χ3n) is 17.4. The number of benzene rings is 1. The van der Waals surface area contributed by atoms with Crippen molar-refractivity contribution in [2.75, 3.05) is 13.1 Å². The summed E-state index contributed by atoms with van der Waals surface area (Å²) in [5.41, 5.74) is -2.45. The Morgan fingerprint density at radius 1 is 0.981 bits per heavy atom. The predicted octanol–water partition coefficient (Wildman–Crippen LogP) is 9.01. The quantitative estimate of drug-likeness (QED) is 0.247. The highest BCUT2D eigenvalue weighted by Gasteiger charge is 2.74. The molecule has 9 aliphatic rings. The first kappa shape index (κ1) is 37.7. The van der Waals surface area contributed by atoms with Crippen LogP contribution in [0.4, 0.5) is 4.39 Å². The largest absolute Gasteiger partial charge is 0.393 e. The van der Waals surface area contributed by atoms with Crippen molar-refractivity contribution in [1.82, 2.24) is 4.31 Å². The minimum absolute atomic E-state index is 0.0169. The van der Waals surface area contributed by atoms with Crippen LogP contribution >= 0.6 is 22.9 Å². The molecule has 11 rings (SSSR count). The Morgan fingerprint density at radius 3 is 2.43 bits per heavy atom. The Labute approximate surface area is 329 Å². The number of aliphatic hydroxyl groups excluding tert-OH is 1. The van der Waals surface area contributed by atoms with E-state index in [1.165, 1.54) is 17.4 Å². The maximum Gasteiger partial charge on any atom is 0.252 e. The fourth-order valence-corrected chi connectivity index (χ4v) is 17.1. The standard InChI is InChI=1S/C44H55ClFNO5S2/c1-39(2)28-11-10-27(31(39)21-28)25-47(54(51,52)38-9-6-20-53-38)26-43(50)17-14-37-41(43,4)16-13-36-40(3)15-12-29(48)23-42(40)18-19-44(36,37)32(24-42)35(49)22-30-33(45)7-5-8-34(30)46/h5-9,18-20,24,27-29,31,36-37,48,50H,10-17,21-23,25-26H2,1-4H3/t27-,28-,29?,31-,36+,37+,40+,41-,42-,43+,44+/m0/s1. The van der Waals surface area contributed by atoms with Gasteiger partial charge in [0.15, 0.2) is 5.78 Å². The highest BCUT2D eigenvalue weighted by molar-refractivity contribution is 7.91. The number of fused-ring (bicyclic) bond motifs is 3. The number of Topliss-reactive ketones (excluding diaryl/α,β-unsaturated/α-hetero) is 1. The Hall–Kier alpha value is -1.88. The summed E-state index contributed by atoms with van der Waals surface area (Å²) in [5.74, 6) is 0.635. The summed E-state index contributed by atoms with van der Waals surface area (Å²) >= 11 is 7.73. The SMILES string of the molecule is CC1(C)[C@H]2CC[C@@H](CN(C[C@]3(O)CC[C@H]4[C@]56C=C[C@@]7(C=C5C(=O)Cc5c(F)cccc5Cl)CC(O)CC[C@]7(C)[C@H]6CC[C@@]43C)S(=O)(=O)c3cccs3)[C@@H]1C2. The number of sulfonamides is 1. The molecule has 0 amide bonds. The molecular weight excluding hydrogens is 741 g/mol. The number of ketones is 1. The van der Waals surface area contributed by atoms with Crippen LogP contribution in [0.25, 0.3) is 0 Å². The van der Waals surface area contributed by atoms with Gasteiger partial charge in [-0.2, -0.15) is 4.31 Å². The molecule has 0 aliphatic heterocycles. The molecule has 2 spiro atoms. The van der Waals surface area contributed by atoms with Crippen LogP contribution in [0.2, 0.25) is 5.02 Å². The fraction of sp³-hybridized carbons (Fsp3) is 0.659. The Balaban J connectivity index is 1.11. The molecule has 0 radical (unpaired) electrons. The third kappa shape index (κ3) is 4.96. The molecule has 9 aliphatic carbocycles. The number of aliphatic hydroxyl groups is 2. The number of allylic oxidation sites excluding steroid dienone is 4. The Morgan fingerprint density at radius 2 is 1.72 bits per heavy atom. The molecule has 1 heterocycles. The van der Waals surface area contributed by atoms with Gasteiger partial charge in [-0.1, -0.05) is 69.7 Å². The zero-order chi connectivity index (χ0) is 38.3. The number of nitrogens with zero attached hydrogens (tertiary/aromatic N) is 1. The summed E-state index contributed by atoms with van der Waals surface area (Å²) in [6.45, 7) is 9.57. The van der Waals surface area contributed by atoms with E-state index in [4.69, 9.17) is 11.6 Å². The van der Waals surface area contributed by atoms with Gasteiger partial charge >= 0.3 is 0 Å². The van der Waals surface area contributed by atoms with E-state index in [0.717, 1.165) is 32.1 Å². The number of halogens is 2. The van der Waals surface area contributed by atoms with Crippen molar-refractivity contribution in [3.8, 4) is 0 Å². The average Bonchev–Trinajstić information content (AvgIpc) is 3.77. The van der Waals surface area contributed by atoms with Gasteiger partial charge in [-0.3, -0.25) is 4.79 Å². The first-order valence-corrected chi connectivity index (χ1v) is 23.0. The first-order chi connectivity index (χ1) is 25.4. The number of carbonyl (C=O) groups is 1.